The topological polar surface area (TPSA) is 20.3 Å². The van der Waals surface area contributed by atoms with Gasteiger partial charge in [0, 0.05) is 6.42 Å². The van der Waals surface area contributed by atoms with Gasteiger partial charge in [0.15, 0.2) is 17.4 Å². The van der Waals surface area contributed by atoms with Crippen LogP contribution < -0.4 is 0 Å². The second-order valence-electron chi connectivity index (χ2n) is 5.15. The molecule has 1 unspecified atom stereocenters. The first-order valence-electron chi connectivity index (χ1n) is 7.11. The van der Waals surface area contributed by atoms with Crippen LogP contribution in [-0.4, -0.2) is 29.3 Å². The van der Waals surface area contributed by atoms with Crippen molar-refractivity contribution in [1.29, 1.82) is 0 Å². The van der Waals surface area contributed by atoms with Crippen molar-refractivity contribution >= 4 is 5.78 Å². The Balaban J connectivity index is 2.94. The van der Waals surface area contributed by atoms with E-state index in [-0.39, 0.29) is 12.2 Å². The van der Waals surface area contributed by atoms with Gasteiger partial charge in [0.1, 0.15) is 0 Å². The van der Waals surface area contributed by atoms with Crippen LogP contribution in [0.5, 0.6) is 0 Å². The van der Waals surface area contributed by atoms with Crippen LogP contribution in [0.25, 0.3) is 0 Å². The highest BCUT2D eigenvalue weighted by atomic mass is 19.2. The molecular formula is C16H23F2NO. The maximum Gasteiger partial charge on any atom is 0.159 e. The van der Waals surface area contributed by atoms with E-state index in [0.717, 1.165) is 25.2 Å². The molecule has 0 saturated carbocycles. The zero-order valence-corrected chi connectivity index (χ0v) is 12.7. The van der Waals surface area contributed by atoms with Crippen molar-refractivity contribution < 1.29 is 13.6 Å². The molecule has 1 aromatic rings. The van der Waals surface area contributed by atoms with E-state index in [2.05, 4.69) is 4.90 Å². The molecule has 0 aliphatic carbocycles. The molecule has 1 atom stereocenters. The fourth-order valence-electron chi connectivity index (χ4n) is 2.54. The number of likely N-dealkylation sites (N-methyl/N-ethyl adjacent to an activating group) is 1. The van der Waals surface area contributed by atoms with Crippen LogP contribution >= 0.6 is 0 Å². The minimum atomic E-state index is -0.906. The Morgan fingerprint density at radius 3 is 2.20 bits per heavy atom. The van der Waals surface area contributed by atoms with E-state index in [0.29, 0.717) is 12.0 Å². The number of nitrogens with zero attached hydrogens (tertiary/aromatic N) is 1. The van der Waals surface area contributed by atoms with Gasteiger partial charge in [-0.15, -0.1) is 0 Å². The van der Waals surface area contributed by atoms with Crippen LogP contribution in [0.3, 0.4) is 0 Å². The standard InChI is InChI=1S/C16H23F2NO/c1-5-16(4,19(6-2)7-3)15(20)11-12-8-9-13(17)14(18)10-12/h8-10H,5-7,11H2,1-4H3. The van der Waals surface area contributed by atoms with E-state index < -0.39 is 17.2 Å². The molecule has 0 fully saturated rings. The smallest absolute Gasteiger partial charge is 0.159 e. The molecule has 0 spiro atoms. The van der Waals surface area contributed by atoms with Gasteiger partial charge in [-0.1, -0.05) is 26.8 Å². The zero-order chi connectivity index (χ0) is 15.3. The summed E-state index contributed by atoms with van der Waals surface area (Å²) in [5, 5.41) is 0. The van der Waals surface area contributed by atoms with Crippen LogP contribution in [0.1, 0.15) is 39.7 Å². The maximum atomic E-state index is 13.2. The molecule has 1 aromatic carbocycles. The van der Waals surface area contributed by atoms with Gasteiger partial charge < -0.3 is 0 Å². The number of hydrogen-bond donors (Lipinski definition) is 0. The molecule has 0 bridgehead atoms. The Morgan fingerprint density at radius 2 is 1.75 bits per heavy atom. The number of carbonyl (C=O) groups excluding carboxylic acids is 1. The Morgan fingerprint density at radius 1 is 1.15 bits per heavy atom. The summed E-state index contributed by atoms with van der Waals surface area (Å²) in [5.74, 6) is -1.76. The summed E-state index contributed by atoms with van der Waals surface area (Å²) in [6, 6.07) is 3.64. The quantitative estimate of drug-likeness (QED) is 0.762. The van der Waals surface area contributed by atoms with Gasteiger partial charge in [0.25, 0.3) is 0 Å². The van der Waals surface area contributed by atoms with E-state index in [9.17, 15) is 13.6 Å². The van der Waals surface area contributed by atoms with Crippen LogP contribution in [0.2, 0.25) is 0 Å². The molecule has 0 N–H and O–H groups in total. The lowest BCUT2D eigenvalue weighted by atomic mass is 9.87. The van der Waals surface area contributed by atoms with E-state index in [1.165, 1.54) is 6.07 Å². The first-order chi connectivity index (χ1) is 9.38. The van der Waals surface area contributed by atoms with Crippen molar-refractivity contribution in [2.24, 2.45) is 0 Å². The molecule has 0 saturated heterocycles. The Hall–Kier alpha value is -1.29. The number of benzene rings is 1. The lowest BCUT2D eigenvalue weighted by molar-refractivity contribution is -0.129. The third kappa shape index (κ3) is 3.42. The van der Waals surface area contributed by atoms with Crippen LogP contribution in [0.15, 0.2) is 18.2 Å². The summed E-state index contributed by atoms with van der Waals surface area (Å²) in [6.07, 6.45) is 0.815. The number of carbonyl (C=O) groups is 1. The van der Waals surface area contributed by atoms with Crippen molar-refractivity contribution in [3.05, 3.63) is 35.4 Å². The first-order valence-corrected chi connectivity index (χ1v) is 7.11. The summed E-state index contributed by atoms with van der Waals surface area (Å²) in [4.78, 5) is 14.7. The summed E-state index contributed by atoms with van der Waals surface area (Å²) >= 11 is 0. The van der Waals surface area contributed by atoms with E-state index in [1.807, 2.05) is 27.7 Å². The third-order valence-corrected chi connectivity index (χ3v) is 4.10. The van der Waals surface area contributed by atoms with E-state index in [4.69, 9.17) is 0 Å². The molecule has 0 heterocycles. The van der Waals surface area contributed by atoms with E-state index >= 15 is 0 Å². The van der Waals surface area contributed by atoms with Gasteiger partial charge in [-0.05, 0) is 44.1 Å². The molecule has 0 amide bonds. The molecule has 0 aliphatic rings. The summed E-state index contributed by atoms with van der Waals surface area (Å²) in [6.45, 7) is 9.49. The Bertz CT molecular complexity index is 472. The number of Topliss-reactive ketones (excluding diaryl/α,β-unsaturated/α-hetero) is 1. The summed E-state index contributed by atoms with van der Waals surface area (Å²) in [7, 11) is 0. The van der Waals surface area contributed by atoms with Crippen molar-refractivity contribution in [2.75, 3.05) is 13.1 Å². The van der Waals surface area contributed by atoms with Crippen molar-refractivity contribution in [1.82, 2.24) is 4.90 Å². The average Bonchev–Trinajstić information content (AvgIpc) is 2.43. The first kappa shape index (κ1) is 16.8. The Kier molecular flexibility index (Phi) is 5.81. The molecule has 0 radical (unpaired) electrons. The second-order valence-corrected chi connectivity index (χ2v) is 5.15. The van der Waals surface area contributed by atoms with Crippen molar-refractivity contribution in [2.45, 2.75) is 46.1 Å². The third-order valence-electron chi connectivity index (χ3n) is 4.10. The SMILES string of the molecule is CCN(CC)C(C)(CC)C(=O)Cc1ccc(F)c(F)c1. The number of ketones is 1. The van der Waals surface area contributed by atoms with Gasteiger partial charge in [-0.25, -0.2) is 8.78 Å². The van der Waals surface area contributed by atoms with Crippen molar-refractivity contribution in [3.8, 4) is 0 Å². The predicted octanol–water partition coefficient (Wildman–Crippen LogP) is 3.59. The number of halogens is 2. The molecular weight excluding hydrogens is 260 g/mol. The molecule has 1 rings (SSSR count). The molecule has 4 heteroatoms. The molecule has 20 heavy (non-hydrogen) atoms. The second kappa shape index (κ2) is 6.93. The minimum absolute atomic E-state index is 0.0368. The highest BCUT2D eigenvalue weighted by Crippen LogP contribution is 2.23. The monoisotopic (exact) mass is 283 g/mol. The van der Waals surface area contributed by atoms with Gasteiger partial charge >= 0.3 is 0 Å². The maximum absolute atomic E-state index is 13.2. The largest absolute Gasteiger partial charge is 0.297 e. The van der Waals surface area contributed by atoms with Gasteiger partial charge in [-0.2, -0.15) is 0 Å². The van der Waals surface area contributed by atoms with Gasteiger partial charge in [-0.3, -0.25) is 9.69 Å². The highest BCUT2D eigenvalue weighted by Gasteiger charge is 2.35. The summed E-state index contributed by atoms with van der Waals surface area (Å²) < 4.78 is 26.1. The lowest BCUT2D eigenvalue weighted by Gasteiger charge is -2.38. The van der Waals surface area contributed by atoms with Crippen LogP contribution in [0, 0.1) is 11.6 Å². The fraction of sp³-hybridized carbons (Fsp3) is 0.562. The minimum Gasteiger partial charge on any atom is -0.297 e. The fourth-order valence-corrected chi connectivity index (χ4v) is 2.54. The molecule has 0 aliphatic heterocycles. The van der Waals surface area contributed by atoms with Crippen LogP contribution in [-0.2, 0) is 11.2 Å². The summed E-state index contributed by atoms with van der Waals surface area (Å²) in [5.41, 5.74) is -0.0466. The van der Waals surface area contributed by atoms with Crippen molar-refractivity contribution in [3.63, 3.8) is 0 Å². The molecule has 112 valence electrons. The normalized spacial score (nSPS) is 14.3. The number of hydrogen-bond acceptors (Lipinski definition) is 2. The molecule has 2 nitrogen and oxygen atoms in total. The van der Waals surface area contributed by atoms with Gasteiger partial charge in [0.05, 0.1) is 5.54 Å². The average molecular weight is 283 g/mol. The zero-order valence-electron chi connectivity index (χ0n) is 12.7. The van der Waals surface area contributed by atoms with E-state index in [1.54, 1.807) is 0 Å². The highest BCUT2D eigenvalue weighted by molar-refractivity contribution is 5.89. The lowest BCUT2D eigenvalue weighted by Crippen LogP contribution is -2.52. The predicted molar refractivity (Wildman–Crippen MR) is 76.7 cm³/mol. The van der Waals surface area contributed by atoms with Gasteiger partial charge in [0.2, 0.25) is 0 Å². The Labute approximate surface area is 119 Å². The number of rotatable bonds is 7. The molecule has 0 aromatic heterocycles. The van der Waals surface area contributed by atoms with Crippen LogP contribution in [0.4, 0.5) is 8.78 Å².